The van der Waals surface area contributed by atoms with Gasteiger partial charge < -0.3 is 0 Å². The van der Waals surface area contributed by atoms with Gasteiger partial charge in [0, 0.05) is 29.2 Å². The Morgan fingerprint density at radius 2 is 2.05 bits per heavy atom. The maximum absolute atomic E-state index is 12.4. The van der Waals surface area contributed by atoms with Gasteiger partial charge in [0.15, 0.2) is 5.78 Å². The van der Waals surface area contributed by atoms with Gasteiger partial charge >= 0.3 is 0 Å². The van der Waals surface area contributed by atoms with E-state index in [1.165, 1.54) is 6.42 Å². The molecule has 0 aliphatic carbocycles. The molecule has 4 heteroatoms. The molecule has 1 heterocycles. The highest BCUT2D eigenvalue weighted by Gasteiger charge is 2.27. The number of rotatable bonds is 6. The van der Waals surface area contributed by atoms with Gasteiger partial charge in [0.2, 0.25) is 0 Å². The van der Waals surface area contributed by atoms with Gasteiger partial charge in [-0.1, -0.05) is 48.0 Å². The summed E-state index contributed by atoms with van der Waals surface area (Å²) < 4.78 is 0.893. The standard InChI is InChI=1S/C16H23BrN2O/c1-3-19(4-2)13-9-10-18(11-13)12-16(20)14-7-5-6-8-15(14)17/h5-8,13H,3-4,9-12H2,1-2H3. The normalized spacial score (nSPS) is 19.7. The lowest BCUT2D eigenvalue weighted by atomic mass is 10.1. The van der Waals surface area contributed by atoms with Crippen molar-refractivity contribution in [2.75, 3.05) is 32.7 Å². The van der Waals surface area contributed by atoms with Crippen molar-refractivity contribution in [3.8, 4) is 0 Å². The second kappa shape index (κ2) is 7.34. The molecule has 1 unspecified atom stereocenters. The lowest BCUT2D eigenvalue weighted by Crippen LogP contribution is -2.38. The van der Waals surface area contributed by atoms with Crippen molar-refractivity contribution < 1.29 is 4.79 Å². The van der Waals surface area contributed by atoms with Crippen molar-refractivity contribution in [3.63, 3.8) is 0 Å². The third-order valence-corrected chi connectivity index (χ3v) is 4.81. The van der Waals surface area contributed by atoms with Crippen molar-refractivity contribution in [1.82, 2.24) is 9.80 Å². The summed E-state index contributed by atoms with van der Waals surface area (Å²) in [6, 6.07) is 8.28. The van der Waals surface area contributed by atoms with Crippen molar-refractivity contribution >= 4 is 21.7 Å². The molecule has 2 rings (SSSR count). The number of hydrogen-bond acceptors (Lipinski definition) is 3. The lowest BCUT2D eigenvalue weighted by Gasteiger charge is -2.26. The topological polar surface area (TPSA) is 23.6 Å². The predicted octanol–water partition coefficient (Wildman–Crippen LogP) is 3.05. The van der Waals surface area contributed by atoms with Gasteiger partial charge in [0.25, 0.3) is 0 Å². The third kappa shape index (κ3) is 3.68. The van der Waals surface area contributed by atoms with E-state index in [2.05, 4.69) is 39.6 Å². The number of benzene rings is 1. The average Bonchev–Trinajstić information content (AvgIpc) is 2.89. The van der Waals surface area contributed by atoms with Crippen LogP contribution in [0.5, 0.6) is 0 Å². The van der Waals surface area contributed by atoms with Crippen molar-refractivity contribution in [3.05, 3.63) is 34.3 Å². The van der Waals surface area contributed by atoms with Crippen LogP contribution in [0.2, 0.25) is 0 Å². The Kier molecular flexibility index (Phi) is 5.75. The van der Waals surface area contributed by atoms with E-state index in [9.17, 15) is 4.79 Å². The molecule has 110 valence electrons. The van der Waals surface area contributed by atoms with Crippen LogP contribution in [0.25, 0.3) is 0 Å². The summed E-state index contributed by atoms with van der Waals surface area (Å²) in [5, 5.41) is 0. The first kappa shape index (κ1) is 15.7. The Hall–Kier alpha value is -0.710. The summed E-state index contributed by atoms with van der Waals surface area (Å²) in [6.45, 7) is 9.16. The Bertz CT molecular complexity index is 460. The highest BCUT2D eigenvalue weighted by Crippen LogP contribution is 2.19. The van der Waals surface area contributed by atoms with Crippen molar-refractivity contribution in [2.24, 2.45) is 0 Å². The highest BCUT2D eigenvalue weighted by atomic mass is 79.9. The molecule has 3 nitrogen and oxygen atoms in total. The fraction of sp³-hybridized carbons (Fsp3) is 0.562. The number of hydrogen-bond donors (Lipinski definition) is 0. The number of likely N-dealkylation sites (tertiary alicyclic amines) is 1. The van der Waals surface area contributed by atoms with Gasteiger partial charge in [-0.05, 0) is 25.6 Å². The number of likely N-dealkylation sites (N-methyl/N-ethyl adjacent to an activating group) is 1. The zero-order valence-corrected chi connectivity index (χ0v) is 13.9. The molecule has 0 amide bonds. The Morgan fingerprint density at radius 3 is 2.70 bits per heavy atom. The first-order valence-corrected chi connectivity index (χ1v) is 8.19. The molecule has 1 atom stereocenters. The molecule has 0 spiro atoms. The Labute approximate surface area is 130 Å². The van der Waals surface area contributed by atoms with Crippen LogP contribution < -0.4 is 0 Å². The molecule has 1 aliphatic heterocycles. The van der Waals surface area contributed by atoms with Gasteiger partial charge in [0.05, 0.1) is 6.54 Å². The first-order chi connectivity index (χ1) is 9.65. The highest BCUT2D eigenvalue weighted by molar-refractivity contribution is 9.10. The number of Topliss-reactive ketones (excluding diaryl/α,β-unsaturated/α-hetero) is 1. The van der Waals surface area contributed by atoms with Crippen molar-refractivity contribution in [2.45, 2.75) is 26.3 Å². The molecule has 0 saturated carbocycles. The minimum atomic E-state index is 0.206. The van der Waals surface area contributed by atoms with Crippen LogP contribution in [0.4, 0.5) is 0 Å². The molecule has 1 aromatic carbocycles. The Balaban J connectivity index is 1.92. The van der Waals surface area contributed by atoms with Gasteiger partial charge in [0.1, 0.15) is 0 Å². The fourth-order valence-electron chi connectivity index (χ4n) is 2.97. The van der Waals surface area contributed by atoms with Crippen LogP contribution in [0, 0.1) is 0 Å². The smallest absolute Gasteiger partial charge is 0.177 e. The SMILES string of the molecule is CCN(CC)C1CCN(CC(=O)c2ccccc2Br)C1. The van der Waals surface area contributed by atoms with Gasteiger partial charge in [-0.2, -0.15) is 0 Å². The van der Waals surface area contributed by atoms with Gasteiger partial charge in [-0.3, -0.25) is 14.6 Å². The van der Waals surface area contributed by atoms with Crippen LogP contribution in [0.3, 0.4) is 0 Å². The molecule has 0 aromatic heterocycles. The largest absolute Gasteiger partial charge is 0.300 e. The van der Waals surface area contributed by atoms with Gasteiger partial charge in [-0.25, -0.2) is 0 Å². The average molecular weight is 339 g/mol. The molecule has 20 heavy (non-hydrogen) atoms. The van der Waals surface area contributed by atoms with E-state index in [-0.39, 0.29) is 5.78 Å². The van der Waals surface area contributed by atoms with E-state index < -0.39 is 0 Å². The molecule has 0 N–H and O–H groups in total. The summed E-state index contributed by atoms with van der Waals surface area (Å²) in [5.74, 6) is 0.206. The van der Waals surface area contributed by atoms with Crippen LogP contribution in [0.1, 0.15) is 30.6 Å². The van der Waals surface area contributed by atoms with Crippen molar-refractivity contribution in [1.29, 1.82) is 0 Å². The molecular formula is C16H23BrN2O. The Morgan fingerprint density at radius 1 is 1.35 bits per heavy atom. The molecule has 1 fully saturated rings. The van der Waals surface area contributed by atoms with E-state index >= 15 is 0 Å². The zero-order chi connectivity index (χ0) is 14.5. The minimum Gasteiger partial charge on any atom is -0.300 e. The molecule has 1 aromatic rings. The fourth-order valence-corrected chi connectivity index (χ4v) is 3.48. The van der Waals surface area contributed by atoms with E-state index in [0.29, 0.717) is 12.6 Å². The summed E-state index contributed by atoms with van der Waals surface area (Å²) in [5.41, 5.74) is 0.791. The molecule has 1 saturated heterocycles. The number of carbonyl (C=O) groups excluding carboxylic acids is 1. The van der Waals surface area contributed by atoms with E-state index in [0.717, 1.165) is 36.2 Å². The van der Waals surface area contributed by atoms with E-state index in [1.54, 1.807) is 0 Å². The minimum absolute atomic E-state index is 0.206. The predicted molar refractivity (Wildman–Crippen MR) is 86.2 cm³/mol. The maximum Gasteiger partial charge on any atom is 0.177 e. The molecular weight excluding hydrogens is 316 g/mol. The lowest BCUT2D eigenvalue weighted by molar-refractivity contribution is 0.0938. The molecule has 0 radical (unpaired) electrons. The quantitative estimate of drug-likeness (QED) is 0.745. The zero-order valence-electron chi connectivity index (χ0n) is 12.3. The molecule has 1 aliphatic rings. The summed E-state index contributed by atoms with van der Waals surface area (Å²) >= 11 is 3.46. The first-order valence-electron chi connectivity index (χ1n) is 7.39. The monoisotopic (exact) mass is 338 g/mol. The third-order valence-electron chi connectivity index (χ3n) is 4.12. The van der Waals surface area contributed by atoms with Crippen LogP contribution in [0.15, 0.2) is 28.7 Å². The van der Waals surface area contributed by atoms with E-state index in [4.69, 9.17) is 0 Å². The number of halogens is 1. The van der Waals surface area contributed by atoms with Crippen LogP contribution in [-0.2, 0) is 0 Å². The number of carbonyl (C=O) groups is 1. The summed E-state index contributed by atoms with van der Waals surface area (Å²) in [7, 11) is 0. The van der Waals surface area contributed by atoms with Gasteiger partial charge in [-0.15, -0.1) is 0 Å². The number of nitrogens with zero attached hydrogens (tertiary/aromatic N) is 2. The second-order valence-corrected chi connectivity index (χ2v) is 6.16. The summed E-state index contributed by atoms with van der Waals surface area (Å²) in [6.07, 6.45) is 1.17. The van der Waals surface area contributed by atoms with E-state index in [1.807, 2.05) is 24.3 Å². The van der Waals surface area contributed by atoms with Crippen LogP contribution >= 0.6 is 15.9 Å². The summed E-state index contributed by atoms with van der Waals surface area (Å²) in [4.78, 5) is 17.1. The molecule has 0 bridgehead atoms. The second-order valence-electron chi connectivity index (χ2n) is 5.30. The van der Waals surface area contributed by atoms with Crippen LogP contribution in [-0.4, -0.2) is 54.3 Å². The maximum atomic E-state index is 12.4. The number of ketones is 1.